The Morgan fingerprint density at radius 2 is 1.78 bits per heavy atom. The average Bonchev–Trinajstić information content (AvgIpc) is 2.96. The fourth-order valence-corrected chi connectivity index (χ4v) is 4.22. The van der Waals surface area contributed by atoms with Crippen molar-refractivity contribution in [1.29, 1.82) is 0 Å². The number of anilines is 1. The lowest BCUT2D eigenvalue weighted by atomic mass is 9.96. The van der Waals surface area contributed by atoms with E-state index in [4.69, 9.17) is 0 Å². The number of aliphatic hydroxyl groups is 1. The molecule has 0 aromatic heterocycles. The monoisotopic (exact) mass is 374 g/mol. The fourth-order valence-electron chi connectivity index (χ4n) is 4.22. The number of likely N-dealkylation sites (N-methyl/N-ethyl adjacent to an activating group) is 1. The highest BCUT2D eigenvalue weighted by atomic mass is 16.3. The smallest absolute Gasteiger partial charge is 0.253 e. The van der Waals surface area contributed by atoms with Crippen LogP contribution in [0.5, 0.6) is 0 Å². The largest absolute Gasteiger partial charge is 0.396 e. The Bertz CT molecular complexity index is 619. The molecule has 0 bridgehead atoms. The van der Waals surface area contributed by atoms with Crippen LogP contribution in [0.15, 0.2) is 24.3 Å². The van der Waals surface area contributed by atoms with Crippen LogP contribution in [0.1, 0.15) is 16.8 Å². The highest BCUT2D eigenvalue weighted by molar-refractivity contribution is 5.94. The van der Waals surface area contributed by atoms with Gasteiger partial charge in [-0.25, -0.2) is 0 Å². The van der Waals surface area contributed by atoms with Crippen LogP contribution in [0.25, 0.3) is 0 Å². The zero-order chi connectivity index (χ0) is 19.4. The van der Waals surface area contributed by atoms with Crippen LogP contribution in [0, 0.1) is 11.8 Å². The Morgan fingerprint density at radius 3 is 2.44 bits per heavy atom. The van der Waals surface area contributed by atoms with Crippen LogP contribution < -0.4 is 4.90 Å². The number of hydrogen-bond acceptors (Lipinski definition) is 5. The molecule has 150 valence electrons. The van der Waals surface area contributed by atoms with Gasteiger partial charge in [0.2, 0.25) is 0 Å². The van der Waals surface area contributed by atoms with Crippen molar-refractivity contribution in [3.05, 3.63) is 29.8 Å². The normalized spacial score (nSPS) is 24.8. The molecule has 2 saturated heterocycles. The molecule has 2 heterocycles. The number of carbonyl (C=O) groups excluding carboxylic acids is 1. The van der Waals surface area contributed by atoms with Gasteiger partial charge < -0.3 is 24.7 Å². The van der Waals surface area contributed by atoms with Crippen LogP contribution in [0.4, 0.5) is 5.69 Å². The van der Waals surface area contributed by atoms with Gasteiger partial charge in [0.05, 0.1) is 0 Å². The average molecular weight is 375 g/mol. The first-order chi connectivity index (χ1) is 13.0. The minimum Gasteiger partial charge on any atom is -0.396 e. The Balaban J connectivity index is 1.61. The van der Waals surface area contributed by atoms with Crippen molar-refractivity contribution in [2.45, 2.75) is 6.42 Å². The lowest BCUT2D eigenvalue weighted by molar-refractivity contribution is 0.0779. The van der Waals surface area contributed by atoms with Crippen molar-refractivity contribution >= 4 is 11.6 Å². The number of hydrogen-bond donors (Lipinski definition) is 1. The van der Waals surface area contributed by atoms with Crippen molar-refractivity contribution in [3.63, 3.8) is 0 Å². The molecule has 0 spiro atoms. The van der Waals surface area contributed by atoms with Gasteiger partial charge in [0.25, 0.3) is 5.91 Å². The molecule has 1 aromatic carbocycles. The second kappa shape index (κ2) is 9.04. The summed E-state index contributed by atoms with van der Waals surface area (Å²) >= 11 is 0. The Morgan fingerprint density at radius 1 is 1.07 bits per heavy atom. The summed E-state index contributed by atoms with van der Waals surface area (Å²) in [5, 5.41) is 9.86. The summed E-state index contributed by atoms with van der Waals surface area (Å²) in [5.41, 5.74) is 1.82. The first-order valence-electron chi connectivity index (χ1n) is 10.1. The quantitative estimate of drug-likeness (QED) is 0.836. The predicted molar refractivity (Wildman–Crippen MR) is 109 cm³/mol. The molecule has 2 fully saturated rings. The topological polar surface area (TPSA) is 50.3 Å². The van der Waals surface area contributed by atoms with E-state index in [9.17, 15) is 9.90 Å². The number of amides is 1. The second-order valence-corrected chi connectivity index (χ2v) is 8.31. The Labute approximate surface area is 163 Å². The molecule has 0 aliphatic carbocycles. The lowest BCUT2D eigenvalue weighted by Crippen LogP contribution is -2.36. The number of rotatable bonds is 5. The van der Waals surface area contributed by atoms with Crippen molar-refractivity contribution in [2.75, 3.05) is 78.5 Å². The third-order valence-corrected chi connectivity index (χ3v) is 6.03. The maximum atomic E-state index is 12.9. The molecular weight excluding hydrogens is 340 g/mol. The Hall–Kier alpha value is -1.63. The first kappa shape index (κ1) is 20.1. The molecule has 0 saturated carbocycles. The highest BCUT2D eigenvalue weighted by Gasteiger charge is 2.36. The maximum absolute atomic E-state index is 12.9. The number of aliphatic hydroxyl groups excluding tert-OH is 1. The fraction of sp³-hybridized carbons (Fsp3) is 0.667. The van der Waals surface area contributed by atoms with Crippen LogP contribution in [0.2, 0.25) is 0 Å². The molecular formula is C21H34N4O2. The molecule has 3 rings (SSSR count). The molecule has 27 heavy (non-hydrogen) atoms. The second-order valence-electron chi connectivity index (χ2n) is 8.31. The van der Waals surface area contributed by atoms with E-state index in [0.29, 0.717) is 12.5 Å². The van der Waals surface area contributed by atoms with Gasteiger partial charge in [-0.05, 0) is 56.7 Å². The molecule has 6 heteroatoms. The van der Waals surface area contributed by atoms with Gasteiger partial charge >= 0.3 is 0 Å². The molecule has 6 nitrogen and oxygen atoms in total. The number of benzene rings is 1. The molecule has 2 aliphatic rings. The van der Waals surface area contributed by atoms with E-state index in [2.05, 4.69) is 16.8 Å². The van der Waals surface area contributed by atoms with Crippen LogP contribution >= 0.6 is 0 Å². The Kier molecular flexibility index (Phi) is 6.73. The molecule has 0 unspecified atom stereocenters. The zero-order valence-corrected chi connectivity index (χ0v) is 17.0. The molecule has 1 amide bonds. The maximum Gasteiger partial charge on any atom is 0.253 e. The van der Waals surface area contributed by atoms with Crippen molar-refractivity contribution in [3.8, 4) is 0 Å². The van der Waals surface area contributed by atoms with Crippen molar-refractivity contribution < 1.29 is 9.90 Å². The molecule has 0 radical (unpaired) electrons. The van der Waals surface area contributed by atoms with Gasteiger partial charge in [0.1, 0.15) is 0 Å². The summed E-state index contributed by atoms with van der Waals surface area (Å²) in [4.78, 5) is 21.8. The highest BCUT2D eigenvalue weighted by Crippen LogP contribution is 2.26. The van der Waals surface area contributed by atoms with Gasteiger partial charge in [0.15, 0.2) is 0 Å². The number of carbonyl (C=O) groups is 1. The summed E-state index contributed by atoms with van der Waals surface area (Å²) < 4.78 is 0. The number of nitrogens with zero attached hydrogens (tertiary/aromatic N) is 4. The van der Waals surface area contributed by atoms with Crippen LogP contribution in [-0.4, -0.2) is 99.3 Å². The van der Waals surface area contributed by atoms with Crippen LogP contribution in [-0.2, 0) is 0 Å². The van der Waals surface area contributed by atoms with Gasteiger partial charge in [-0.2, -0.15) is 0 Å². The first-order valence-corrected chi connectivity index (χ1v) is 10.1. The van der Waals surface area contributed by atoms with Gasteiger partial charge in [-0.15, -0.1) is 0 Å². The van der Waals surface area contributed by atoms with E-state index in [-0.39, 0.29) is 18.4 Å². The lowest BCUT2D eigenvalue weighted by Gasteiger charge is -2.26. The SMILES string of the molecule is CN1CCCN(C[C@@H]2CN(C(=O)c3ccc(N(C)C)cc3)C[C@@H]2CO)CC1. The zero-order valence-electron chi connectivity index (χ0n) is 17.0. The van der Waals surface area contributed by atoms with E-state index < -0.39 is 0 Å². The predicted octanol–water partition coefficient (Wildman–Crippen LogP) is 1.07. The third kappa shape index (κ3) is 5.00. The summed E-state index contributed by atoms with van der Waals surface area (Å²) in [7, 11) is 6.17. The van der Waals surface area contributed by atoms with Gasteiger partial charge in [-0.1, -0.05) is 0 Å². The van der Waals surface area contributed by atoms with Gasteiger partial charge in [-0.3, -0.25) is 4.79 Å². The van der Waals surface area contributed by atoms with E-state index in [0.717, 1.165) is 50.5 Å². The number of likely N-dealkylation sites (tertiary alicyclic amines) is 1. The molecule has 2 atom stereocenters. The van der Waals surface area contributed by atoms with Crippen molar-refractivity contribution in [2.24, 2.45) is 11.8 Å². The summed E-state index contributed by atoms with van der Waals surface area (Å²) in [6.07, 6.45) is 1.19. The van der Waals surface area contributed by atoms with Crippen molar-refractivity contribution in [1.82, 2.24) is 14.7 Å². The molecule has 1 aromatic rings. The van der Waals surface area contributed by atoms with Crippen LogP contribution in [0.3, 0.4) is 0 Å². The summed E-state index contributed by atoms with van der Waals surface area (Å²) in [5.74, 6) is 0.608. The van der Waals surface area contributed by atoms with E-state index in [1.165, 1.54) is 6.42 Å². The standard InChI is InChI=1S/C21H34N4O2/c1-22(2)20-7-5-17(6-8-20)21(27)25-14-18(19(15-25)16-26)13-24-10-4-9-23(3)11-12-24/h5-8,18-19,26H,4,9-16H2,1-3H3/t18-,19-/m1/s1. The van der Waals surface area contributed by atoms with E-state index in [1.54, 1.807) is 0 Å². The van der Waals surface area contributed by atoms with E-state index in [1.807, 2.05) is 48.2 Å². The third-order valence-electron chi connectivity index (χ3n) is 6.03. The summed E-state index contributed by atoms with van der Waals surface area (Å²) in [6.45, 7) is 6.96. The minimum absolute atomic E-state index is 0.0804. The molecule has 1 N–H and O–H groups in total. The van der Waals surface area contributed by atoms with E-state index >= 15 is 0 Å². The molecule has 2 aliphatic heterocycles. The van der Waals surface area contributed by atoms with Gasteiger partial charge in [0, 0.05) is 70.6 Å². The minimum atomic E-state index is 0.0804. The summed E-state index contributed by atoms with van der Waals surface area (Å²) in [6, 6.07) is 7.78.